The van der Waals surface area contributed by atoms with Crippen molar-refractivity contribution in [1.29, 1.82) is 0 Å². The molecule has 0 bridgehead atoms. The lowest BCUT2D eigenvalue weighted by molar-refractivity contribution is 0.0793. The van der Waals surface area contributed by atoms with E-state index >= 15 is 0 Å². The van der Waals surface area contributed by atoms with E-state index < -0.39 is 0 Å². The van der Waals surface area contributed by atoms with Gasteiger partial charge in [-0.25, -0.2) is 4.79 Å². The Bertz CT molecular complexity index is 921. The van der Waals surface area contributed by atoms with Gasteiger partial charge in [-0.3, -0.25) is 4.79 Å². The predicted molar refractivity (Wildman–Crippen MR) is 122 cm³/mol. The van der Waals surface area contributed by atoms with E-state index in [0.29, 0.717) is 22.0 Å². The fraction of sp³-hybridized carbons (Fsp3) is 0.391. The molecule has 2 aromatic rings. The Morgan fingerprint density at radius 2 is 1.47 bits per heavy atom. The third kappa shape index (κ3) is 4.87. The van der Waals surface area contributed by atoms with Crippen LogP contribution in [-0.2, 0) is 0 Å². The standard InChI is InChI=1S/C23H27ClN4O2/c24-17-7-6-8-18(15-17)25-23(30)26-19-9-10-21(27-11-2-1-3-12-27)20(16-19)22(29)28-13-4-5-14-28/h6-10,15-16H,1-5,11-14H2,(H2,25,26,30). The molecule has 2 aromatic carbocycles. The smallest absolute Gasteiger partial charge is 0.323 e. The maximum atomic E-state index is 13.2. The summed E-state index contributed by atoms with van der Waals surface area (Å²) >= 11 is 5.98. The highest BCUT2D eigenvalue weighted by atomic mass is 35.5. The average Bonchev–Trinajstić information content (AvgIpc) is 3.29. The van der Waals surface area contributed by atoms with Crippen LogP contribution in [0.5, 0.6) is 0 Å². The van der Waals surface area contributed by atoms with Gasteiger partial charge in [0.15, 0.2) is 0 Å². The first-order valence-corrected chi connectivity index (χ1v) is 11.0. The maximum absolute atomic E-state index is 13.2. The van der Waals surface area contributed by atoms with Gasteiger partial charge in [0.2, 0.25) is 0 Å². The highest BCUT2D eigenvalue weighted by molar-refractivity contribution is 6.30. The Labute approximate surface area is 182 Å². The zero-order valence-corrected chi connectivity index (χ0v) is 17.8. The van der Waals surface area contributed by atoms with Gasteiger partial charge < -0.3 is 20.4 Å². The lowest BCUT2D eigenvalue weighted by Gasteiger charge is -2.31. The minimum Gasteiger partial charge on any atom is -0.371 e. The fourth-order valence-corrected chi connectivity index (χ4v) is 4.34. The Kier molecular flexibility index (Phi) is 6.43. The number of nitrogens with zero attached hydrogens (tertiary/aromatic N) is 2. The minimum absolute atomic E-state index is 0.0481. The summed E-state index contributed by atoms with van der Waals surface area (Å²) in [5.74, 6) is 0.0481. The van der Waals surface area contributed by atoms with Crippen molar-refractivity contribution in [2.45, 2.75) is 32.1 Å². The second-order valence-corrected chi connectivity index (χ2v) is 8.30. The summed E-state index contributed by atoms with van der Waals surface area (Å²) < 4.78 is 0. The van der Waals surface area contributed by atoms with Crippen molar-refractivity contribution in [1.82, 2.24) is 4.90 Å². The van der Waals surface area contributed by atoms with E-state index in [1.165, 1.54) is 6.42 Å². The van der Waals surface area contributed by atoms with E-state index in [0.717, 1.165) is 57.5 Å². The monoisotopic (exact) mass is 426 g/mol. The van der Waals surface area contributed by atoms with Crippen molar-refractivity contribution in [3.8, 4) is 0 Å². The molecule has 0 aromatic heterocycles. The van der Waals surface area contributed by atoms with E-state index in [1.54, 1.807) is 24.3 Å². The van der Waals surface area contributed by atoms with Crippen LogP contribution in [0.4, 0.5) is 21.9 Å². The van der Waals surface area contributed by atoms with Gasteiger partial charge in [-0.15, -0.1) is 0 Å². The number of likely N-dealkylation sites (tertiary alicyclic amines) is 1. The van der Waals surface area contributed by atoms with E-state index in [1.807, 2.05) is 23.1 Å². The summed E-state index contributed by atoms with van der Waals surface area (Å²) in [6.07, 6.45) is 5.60. The molecule has 0 radical (unpaired) electrons. The van der Waals surface area contributed by atoms with Gasteiger partial charge in [-0.05, 0) is 68.5 Å². The lowest BCUT2D eigenvalue weighted by Crippen LogP contribution is -2.34. The number of piperidine rings is 1. The molecule has 4 rings (SSSR count). The Morgan fingerprint density at radius 3 is 2.17 bits per heavy atom. The minimum atomic E-state index is -0.373. The van der Waals surface area contributed by atoms with E-state index in [2.05, 4.69) is 15.5 Å². The molecule has 2 heterocycles. The van der Waals surface area contributed by atoms with Gasteiger partial charge >= 0.3 is 6.03 Å². The first-order chi connectivity index (χ1) is 14.6. The number of hydrogen-bond donors (Lipinski definition) is 2. The third-order valence-corrected chi connectivity index (χ3v) is 5.89. The average molecular weight is 427 g/mol. The number of nitrogens with one attached hydrogen (secondary N) is 2. The van der Waals surface area contributed by atoms with Gasteiger partial charge in [0.05, 0.1) is 5.56 Å². The molecule has 6 nitrogen and oxygen atoms in total. The topological polar surface area (TPSA) is 64.7 Å². The van der Waals surface area contributed by atoms with Crippen LogP contribution in [0, 0.1) is 0 Å². The third-order valence-electron chi connectivity index (χ3n) is 5.66. The predicted octanol–water partition coefficient (Wildman–Crippen LogP) is 5.21. The zero-order chi connectivity index (χ0) is 20.9. The van der Waals surface area contributed by atoms with Crippen molar-refractivity contribution in [2.75, 3.05) is 41.7 Å². The second-order valence-electron chi connectivity index (χ2n) is 7.87. The van der Waals surface area contributed by atoms with E-state index in [4.69, 9.17) is 11.6 Å². The molecule has 2 N–H and O–H groups in total. The molecule has 0 atom stereocenters. The Morgan fingerprint density at radius 1 is 0.800 bits per heavy atom. The molecular weight excluding hydrogens is 400 g/mol. The molecule has 30 heavy (non-hydrogen) atoms. The number of hydrogen-bond acceptors (Lipinski definition) is 3. The molecule has 2 saturated heterocycles. The molecule has 7 heteroatoms. The van der Waals surface area contributed by atoms with E-state index in [-0.39, 0.29) is 11.9 Å². The SMILES string of the molecule is O=C(Nc1cccc(Cl)c1)Nc1ccc(N2CCCCC2)c(C(=O)N2CCCC2)c1. The Balaban J connectivity index is 1.55. The van der Waals surface area contributed by atoms with Crippen molar-refractivity contribution in [2.24, 2.45) is 0 Å². The molecule has 0 spiro atoms. The second kappa shape index (κ2) is 9.39. The molecule has 0 aliphatic carbocycles. The number of rotatable bonds is 4. The normalized spacial score (nSPS) is 16.4. The zero-order valence-electron chi connectivity index (χ0n) is 17.0. The van der Waals surface area contributed by atoms with Crippen LogP contribution in [0.3, 0.4) is 0 Å². The Hall–Kier alpha value is -2.73. The number of carbonyl (C=O) groups is 2. The number of amides is 3. The highest BCUT2D eigenvalue weighted by Gasteiger charge is 2.25. The molecule has 2 fully saturated rings. The van der Waals surface area contributed by atoms with Crippen molar-refractivity contribution in [3.63, 3.8) is 0 Å². The van der Waals surface area contributed by atoms with Crippen LogP contribution in [0.25, 0.3) is 0 Å². The number of anilines is 3. The van der Waals surface area contributed by atoms with Crippen LogP contribution >= 0.6 is 11.6 Å². The molecule has 3 amide bonds. The summed E-state index contributed by atoms with van der Waals surface area (Å²) in [6.45, 7) is 3.51. The van der Waals surface area contributed by atoms with Gasteiger partial charge in [0.25, 0.3) is 5.91 Å². The van der Waals surface area contributed by atoms with Crippen molar-refractivity contribution < 1.29 is 9.59 Å². The molecule has 2 aliphatic rings. The quantitative estimate of drug-likeness (QED) is 0.705. The van der Waals surface area contributed by atoms with Crippen LogP contribution in [0.15, 0.2) is 42.5 Å². The van der Waals surface area contributed by atoms with E-state index in [9.17, 15) is 9.59 Å². The largest absolute Gasteiger partial charge is 0.371 e. The summed E-state index contributed by atoms with van der Waals surface area (Å²) in [5, 5.41) is 6.17. The van der Waals surface area contributed by atoms with Gasteiger partial charge in [-0.1, -0.05) is 17.7 Å². The number of urea groups is 1. The van der Waals surface area contributed by atoms with Crippen molar-refractivity contribution >= 4 is 40.6 Å². The molecule has 2 aliphatic heterocycles. The van der Waals surface area contributed by atoms with Crippen LogP contribution < -0.4 is 15.5 Å². The van der Waals surface area contributed by atoms with Crippen LogP contribution in [0.2, 0.25) is 5.02 Å². The molecule has 0 saturated carbocycles. The summed E-state index contributed by atoms with van der Waals surface area (Å²) in [7, 11) is 0. The van der Waals surface area contributed by atoms with Crippen molar-refractivity contribution in [3.05, 3.63) is 53.1 Å². The lowest BCUT2D eigenvalue weighted by atomic mass is 10.1. The number of benzene rings is 2. The molecule has 0 unspecified atom stereocenters. The van der Waals surface area contributed by atoms with Crippen LogP contribution in [0.1, 0.15) is 42.5 Å². The molecule has 158 valence electrons. The molecular formula is C23H27ClN4O2. The summed E-state index contributed by atoms with van der Waals surface area (Å²) in [4.78, 5) is 29.9. The van der Waals surface area contributed by atoms with Gasteiger partial charge in [0, 0.05) is 48.3 Å². The first kappa shape index (κ1) is 20.5. The highest BCUT2D eigenvalue weighted by Crippen LogP contribution is 2.29. The fourth-order valence-electron chi connectivity index (χ4n) is 4.15. The first-order valence-electron chi connectivity index (χ1n) is 10.6. The van der Waals surface area contributed by atoms with Gasteiger partial charge in [-0.2, -0.15) is 0 Å². The number of carbonyl (C=O) groups excluding carboxylic acids is 2. The van der Waals surface area contributed by atoms with Gasteiger partial charge in [0.1, 0.15) is 0 Å². The summed E-state index contributed by atoms with van der Waals surface area (Å²) in [6, 6.07) is 12.2. The number of halogens is 1. The summed E-state index contributed by atoms with van der Waals surface area (Å²) in [5.41, 5.74) is 2.84. The van der Waals surface area contributed by atoms with Crippen LogP contribution in [-0.4, -0.2) is 43.0 Å². The maximum Gasteiger partial charge on any atom is 0.323 e.